The number of hydrogen-bond acceptors (Lipinski definition) is 4. The minimum Gasteiger partial charge on any atom is -0.550 e. The van der Waals surface area contributed by atoms with Gasteiger partial charge in [0.25, 0.3) is 0 Å². The molecule has 0 saturated carbocycles. The van der Waals surface area contributed by atoms with Gasteiger partial charge in [-0.15, -0.1) is 0 Å². The molecule has 0 saturated heterocycles. The van der Waals surface area contributed by atoms with Crippen LogP contribution in [0.2, 0.25) is 5.02 Å². The summed E-state index contributed by atoms with van der Waals surface area (Å²) in [5.41, 5.74) is 1.74. The summed E-state index contributed by atoms with van der Waals surface area (Å²) in [5.74, 6) is -1.13. The molecule has 0 aliphatic carbocycles. The Bertz CT molecular complexity index is 786. The van der Waals surface area contributed by atoms with Crippen LogP contribution in [0.1, 0.15) is 17.5 Å². The first-order valence-corrected chi connectivity index (χ1v) is 9.26. The van der Waals surface area contributed by atoms with Gasteiger partial charge in [-0.1, -0.05) is 35.9 Å². The fraction of sp³-hybridized carbons (Fsp3) is 0.235. The summed E-state index contributed by atoms with van der Waals surface area (Å²) < 4.78 is 27.0. The summed E-state index contributed by atoms with van der Waals surface area (Å²) in [6.07, 6.45) is 0.776. The molecular formula is C17H17ClNO4S-. The van der Waals surface area contributed by atoms with Gasteiger partial charge in [0, 0.05) is 17.5 Å². The van der Waals surface area contributed by atoms with Crippen LogP contribution in [0.3, 0.4) is 0 Å². The lowest BCUT2D eigenvalue weighted by Crippen LogP contribution is -2.26. The van der Waals surface area contributed by atoms with Crippen molar-refractivity contribution in [1.82, 2.24) is 4.72 Å². The molecule has 0 radical (unpaired) electrons. The van der Waals surface area contributed by atoms with Crippen molar-refractivity contribution in [3.05, 3.63) is 64.7 Å². The summed E-state index contributed by atoms with van der Waals surface area (Å²) in [6, 6.07) is 13.4. The highest BCUT2D eigenvalue weighted by Crippen LogP contribution is 2.13. The maximum atomic E-state index is 12.2. The Balaban J connectivity index is 1.92. The van der Waals surface area contributed by atoms with E-state index in [2.05, 4.69) is 4.72 Å². The topological polar surface area (TPSA) is 86.3 Å². The van der Waals surface area contributed by atoms with Gasteiger partial charge in [-0.05, 0) is 54.7 Å². The number of benzene rings is 2. The Morgan fingerprint density at radius 3 is 2.08 bits per heavy atom. The SMILES string of the molecule is O=C([O-])CCc1ccc(S(=O)(=O)NCCc2ccc(Cl)cc2)cc1. The van der Waals surface area contributed by atoms with E-state index in [0.717, 1.165) is 11.1 Å². The zero-order valence-corrected chi connectivity index (χ0v) is 14.4. The highest BCUT2D eigenvalue weighted by Gasteiger charge is 2.13. The molecule has 1 N–H and O–H groups in total. The molecule has 0 heterocycles. The number of carbonyl (C=O) groups is 1. The van der Waals surface area contributed by atoms with E-state index in [0.29, 0.717) is 17.9 Å². The Hall–Kier alpha value is -1.89. The summed E-state index contributed by atoms with van der Waals surface area (Å²) in [5, 5.41) is 11.1. The van der Waals surface area contributed by atoms with Crippen molar-refractivity contribution in [2.24, 2.45) is 0 Å². The average molecular weight is 367 g/mol. The van der Waals surface area contributed by atoms with Crippen LogP contribution in [0.4, 0.5) is 0 Å². The molecule has 2 rings (SSSR count). The van der Waals surface area contributed by atoms with Gasteiger partial charge in [-0.25, -0.2) is 13.1 Å². The van der Waals surface area contributed by atoms with Crippen LogP contribution in [0.5, 0.6) is 0 Å². The third-order valence-electron chi connectivity index (χ3n) is 3.47. The summed E-state index contributed by atoms with van der Waals surface area (Å²) >= 11 is 5.80. The second-order valence-corrected chi connectivity index (χ2v) is 7.49. The van der Waals surface area contributed by atoms with Gasteiger partial charge < -0.3 is 9.90 Å². The molecular weight excluding hydrogens is 350 g/mol. The standard InChI is InChI=1S/C17H18ClNO4S/c18-15-6-1-14(2-7-15)11-12-19-24(22,23)16-8-3-13(4-9-16)5-10-17(20)21/h1-4,6-9,19H,5,10-12H2,(H,20,21)/p-1. The highest BCUT2D eigenvalue weighted by molar-refractivity contribution is 7.89. The molecule has 24 heavy (non-hydrogen) atoms. The first kappa shape index (κ1) is 18.4. The smallest absolute Gasteiger partial charge is 0.240 e. The van der Waals surface area contributed by atoms with Gasteiger partial charge in [-0.2, -0.15) is 0 Å². The number of hydrogen-bond donors (Lipinski definition) is 1. The molecule has 0 fully saturated rings. The van der Waals surface area contributed by atoms with Crippen molar-refractivity contribution in [2.75, 3.05) is 6.54 Å². The fourth-order valence-electron chi connectivity index (χ4n) is 2.15. The van der Waals surface area contributed by atoms with Gasteiger partial charge in [0.1, 0.15) is 0 Å². The molecule has 0 atom stereocenters. The first-order valence-electron chi connectivity index (χ1n) is 7.40. The van der Waals surface area contributed by atoms with Crippen LogP contribution in [0.15, 0.2) is 53.4 Å². The van der Waals surface area contributed by atoms with Crippen molar-refractivity contribution in [3.8, 4) is 0 Å². The molecule has 0 spiro atoms. The molecule has 128 valence electrons. The van der Waals surface area contributed by atoms with E-state index in [1.807, 2.05) is 12.1 Å². The Labute approximate surface area is 146 Å². The van der Waals surface area contributed by atoms with Gasteiger partial charge in [0.05, 0.1) is 4.90 Å². The molecule has 2 aromatic rings. The zero-order chi connectivity index (χ0) is 17.6. The van der Waals surface area contributed by atoms with Crippen LogP contribution >= 0.6 is 11.6 Å². The van der Waals surface area contributed by atoms with E-state index >= 15 is 0 Å². The number of aryl methyl sites for hydroxylation is 1. The lowest BCUT2D eigenvalue weighted by Gasteiger charge is -2.08. The number of carboxylic acids is 1. The van der Waals surface area contributed by atoms with Crippen LogP contribution in [0, 0.1) is 0 Å². The molecule has 0 amide bonds. The fourth-order valence-corrected chi connectivity index (χ4v) is 3.30. The largest absolute Gasteiger partial charge is 0.550 e. The minimum absolute atomic E-state index is 0.0918. The van der Waals surface area contributed by atoms with Crippen LogP contribution in [-0.4, -0.2) is 20.9 Å². The maximum absolute atomic E-state index is 12.2. The Morgan fingerprint density at radius 1 is 0.958 bits per heavy atom. The monoisotopic (exact) mass is 366 g/mol. The Morgan fingerprint density at radius 2 is 1.50 bits per heavy atom. The average Bonchev–Trinajstić information content (AvgIpc) is 2.55. The quantitative estimate of drug-likeness (QED) is 0.767. The van der Waals surface area contributed by atoms with Gasteiger partial charge in [0.15, 0.2) is 0 Å². The number of aliphatic carboxylic acids is 1. The van der Waals surface area contributed by atoms with E-state index in [-0.39, 0.29) is 17.9 Å². The second kappa shape index (κ2) is 8.28. The number of halogens is 1. The van der Waals surface area contributed by atoms with E-state index in [1.165, 1.54) is 12.1 Å². The Kier molecular flexibility index (Phi) is 6.36. The zero-order valence-electron chi connectivity index (χ0n) is 12.9. The third-order valence-corrected chi connectivity index (χ3v) is 5.20. The van der Waals surface area contributed by atoms with Crippen molar-refractivity contribution in [3.63, 3.8) is 0 Å². The highest BCUT2D eigenvalue weighted by atomic mass is 35.5. The van der Waals surface area contributed by atoms with Crippen LogP contribution < -0.4 is 9.83 Å². The van der Waals surface area contributed by atoms with Crippen LogP contribution in [0.25, 0.3) is 0 Å². The molecule has 7 heteroatoms. The molecule has 2 aromatic carbocycles. The van der Waals surface area contributed by atoms with Crippen LogP contribution in [-0.2, 0) is 27.7 Å². The first-order chi connectivity index (χ1) is 11.4. The number of carbonyl (C=O) groups excluding carboxylic acids is 1. The normalized spacial score (nSPS) is 11.4. The third kappa shape index (κ3) is 5.63. The summed E-state index contributed by atoms with van der Waals surface area (Å²) in [4.78, 5) is 10.6. The number of rotatable bonds is 8. The van der Waals surface area contributed by atoms with Crippen molar-refractivity contribution in [1.29, 1.82) is 0 Å². The second-order valence-electron chi connectivity index (χ2n) is 5.29. The minimum atomic E-state index is -3.59. The lowest BCUT2D eigenvalue weighted by atomic mass is 10.1. The lowest BCUT2D eigenvalue weighted by molar-refractivity contribution is -0.305. The summed E-state index contributed by atoms with van der Waals surface area (Å²) in [7, 11) is -3.59. The molecule has 0 aromatic heterocycles. The van der Waals surface area contributed by atoms with Crippen molar-refractivity contribution in [2.45, 2.75) is 24.2 Å². The van der Waals surface area contributed by atoms with E-state index in [4.69, 9.17) is 11.6 Å². The predicted molar refractivity (Wildman–Crippen MR) is 90.1 cm³/mol. The molecule has 0 aliphatic rings. The van der Waals surface area contributed by atoms with Crippen molar-refractivity contribution >= 4 is 27.6 Å². The predicted octanol–water partition coefficient (Wildman–Crippen LogP) is 1.54. The molecule has 0 unspecified atom stereocenters. The van der Waals surface area contributed by atoms with Gasteiger partial charge in [-0.3, -0.25) is 0 Å². The van der Waals surface area contributed by atoms with E-state index in [1.54, 1.807) is 24.3 Å². The number of nitrogens with one attached hydrogen (secondary N) is 1. The number of sulfonamides is 1. The molecule has 0 bridgehead atoms. The molecule has 0 aliphatic heterocycles. The molecule has 5 nitrogen and oxygen atoms in total. The summed E-state index contributed by atoms with van der Waals surface area (Å²) in [6.45, 7) is 0.274. The van der Waals surface area contributed by atoms with Crippen molar-refractivity contribution < 1.29 is 18.3 Å². The van der Waals surface area contributed by atoms with Gasteiger partial charge >= 0.3 is 0 Å². The van der Waals surface area contributed by atoms with E-state index < -0.39 is 16.0 Å². The number of carboxylic acid groups (broad SMARTS) is 1. The maximum Gasteiger partial charge on any atom is 0.240 e. The van der Waals surface area contributed by atoms with Gasteiger partial charge in [0.2, 0.25) is 10.0 Å². The van der Waals surface area contributed by atoms with E-state index in [9.17, 15) is 18.3 Å².